The van der Waals surface area contributed by atoms with E-state index in [1.165, 1.54) is 6.92 Å². The van der Waals surface area contributed by atoms with Gasteiger partial charge in [-0.25, -0.2) is 4.98 Å². The van der Waals surface area contributed by atoms with Crippen molar-refractivity contribution in [1.82, 2.24) is 4.98 Å². The lowest BCUT2D eigenvalue weighted by Gasteiger charge is -2.43. The van der Waals surface area contributed by atoms with Crippen LogP contribution in [0.2, 0.25) is 0 Å². The Morgan fingerprint density at radius 3 is 2.26 bits per heavy atom. The number of hydrogen-bond donors (Lipinski definition) is 2. The van der Waals surface area contributed by atoms with Gasteiger partial charge in [-0.2, -0.15) is 0 Å². The number of carbonyl (C=O) groups excluding carboxylic acids is 2. The van der Waals surface area contributed by atoms with Crippen molar-refractivity contribution < 1.29 is 24.2 Å². The molecule has 1 fully saturated rings. The molecule has 0 bridgehead atoms. The van der Waals surface area contributed by atoms with E-state index in [9.17, 15) is 14.7 Å². The fourth-order valence-corrected chi connectivity index (χ4v) is 6.53. The number of amides is 1. The molecule has 2 N–H and O–H groups in total. The molecular formula is C38H34N2O5S. The van der Waals surface area contributed by atoms with Crippen LogP contribution in [0.1, 0.15) is 68.2 Å². The molecule has 7 nitrogen and oxygen atoms in total. The van der Waals surface area contributed by atoms with Gasteiger partial charge in [0.15, 0.2) is 12.1 Å². The predicted octanol–water partition coefficient (Wildman–Crippen LogP) is 7.76. The van der Waals surface area contributed by atoms with Gasteiger partial charge in [0.05, 0.1) is 23.8 Å². The fourth-order valence-electron chi connectivity index (χ4n) is 5.60. The van der Waals surface area contributed by atoms with E-state index in [-0.39, 0.29) is 36.4 Å². The number of pyridine rings is 1. The molecule has 1 aliphatic heterocycles. The molecule has 1 aromatic heterocycles. The van der Waals surface area contributed by atoms with Gasteiger partial charge >= 0.3 is 0 Å². The van der Waals surface area contributed by atoms with E-state index in [1.807, 2.05) is 72.8 Å². The molecule has 0 spiro atoms. The monoisotopic (exact) mass is 630 g/mol. The number of ether oxygens (including phenoxy) is 2. The lowest BCUT2D eigenvalue weighted by Crippen LogP contribution is -2.38. The van der Waals surface area contributed by atoms with Crippen LogP contribution in [-0.4, -0.2) is 33.6 Å². The number of nitrogens with one attached hydrogen (secondary N) is 1. The second-order valence-electron chi connectivity index (χ2n) is 11.1. The van der Waals surface area contributed by atoms with Gasteiger partial charge in [-0.15, -0.1) is 11.8 Å². The zero-order valence-electron chi connectivity index (χ0n) is 25.3. The highest BCUT2D eigenvalue weighted by atomic mass is 32.2. The first-order valence-electron chi connectivity index (χ1n) is 15.1. The molecule has 46 heavy (non-hydrogen) atoms. The van der Waals surface area contributed by atoms with Crippen LogP contribution in [0.4, 0.5) is 5.69 Å². The highest BCUT2D eigenvalue weighted by Crippen LogP contribution is 2.48. The predicted molar refractivity (Wildman–Crippen MR) is 179 cm³/mol. The maximum absolute atomic E-state index is 13.3. The van der Waals surface area contributed by atoms with Crippen molar-refractivity contribution in [2.75, 3.05) is 11.1 Å². The van der Waals surface area contributed by atoms with E-state index >= 15 is 0 Å². The Hall–Kier alpha value is -4.60. The first-order chi connectivity index (χ1) is 22.5. The number of ketones is 1. The van der Waals surface area contributed by atoms with Crippen LogP contribution in [0.3, 0.4) is 0 Å². The number of hydrogen-bond acceptors (Lipinski definition) is 7. The Labute approximate surface area is 272 Å². The molecule has 0 aliphatic carbocycles. The van der Waals surface area contributed by atoms with Crippen LogP contribution >= 0.6 is 11.8 Å². The maximum Gasteiger partial charge on any atom is 0.255 e. The summed E-state index contributed by atoms with van der Waals surface area (Å²) in [6.45, 7) is 1.45. The second kappa shape index (κ2) is 14.7. The summed E-state index contributed by atoms with van der Waals surface area (Å²) >= 11 is 1.63. The second-order valence-corrected chi connectivity index (χ2v) is 12.1. The van der Waals surface area contributed by atoms with Gasteiger partial charge in [0, 0.05) is 40.2 Å². The highest BCUT2D eigenvalue weighted by Gasteiger charge is 2.42. The summed E-state index contributed by atoms with van der Waals surface area (Å²) in [7, 11) is 0. The number of aliphatic hydroxyl groups is 1. The van der Waals surface area contributed by atoms with Crippen molar-refractivity contribution in [3.05, 3.63) is 161 Å². The minimum atomic E-state index is -0.759. The van der Waals surface area contributed by atoms with Crippen LogP contribution in [0.5, 0.6) is 0 Å². The van der Waals surface area contributed by atoms with E-state index in [1.54, 1.807) is 54.4 Å². The first kappa shape index (κ1) is 31.4. The molecule has 4 aromatic carbocycles. The van der Waals surface area contributed by atoms with Crippen LogP contribution in [0.25, 0.3) is 0 Å². The zero-order chi connectivity index (χ0) is 31.9. The van der Waals surface area contributed by atoms with Crippen molar-refractivity contribution in [1.29, 1.82) is 0 Å². The number of benzene rings is 4. The van der Waals surface area contributed by atoms with Gasteiger partial charge < -0.3 is 19.9 Å². The maximum atomic E-state index is 13.3. The molecule has 2 heterocycles. The number of Topliss-reactive ketones (excluding diaryl/α,β-unsaturated/α-hetero) is 1. The normalized spacial score (nSPS) is 19.3. The minimum absolute atomic E-state index is 0.0447. The molecule has 1 aliphatic rings. The van der Waals surface area contributed by atoms with Crippen LogP contribution in [0.15, 0.2) is 133 Å². The van der Waals surface area contributed by atoms with Gasteiger partial charge in [-0.1, -0.05) is 84.9 Å². The van der Waals surface area contributed by atoms with E-state index in [0.717, 1.165) is 21.7 Å². The van der Waals surface area contributed by atoms with Gasteiger partial charge in [0.25, 0.3) is 5.91 Å². The van der Waals surface area contributed by atoms with Crippen molar-refractivity contribution in [3.8, 4) is 0 Å². The van der Waals surface area contributed by atoms with Crippen molar-refractivity contribution in [2.24, 2.45) is 0 Å². The third-order valence-electron chi connectivity index (χ3n) is 7.95. The molecule has 0 radical (unpaired) electrons. The van der Waals surface area contributed by atoms with Crippen LogP contribution in [-0.2, 0) is 16.1 Å². The van der Waals surface area contributed by atoms with Gasteiger partial charge in [0.2, 0.25) is 0 Å². The third kappa shape index (κ3) is 7.43. The largest absolute Gasteiger partial charge is 0.392 e. The van der Waals surface area contributed by atoms with Crippen LogP contribution in [0, 0.1) is 0 Å². The van der Waals surface area contributed by atoms with Crippen LogP contribution < -0.4 is 5.32 Å². The standard InChI is InChI=1S/C38H34N2O5S/c1-25(42)29-11-8-14-32(22-29)40-37(43)30-12-7-13-31(21-30)38-44-33(24-46-34-15-5-6-20-39-34)35(27-9-3-2-4-10-27)36(45-38)28-18-16-26(23-41)17-19-28/h2-22,33,35-36,38,41H,23-24H2,1H3,(H,40,43)/t33-,35-,36+,38?/m1/s1. The summed E-state index contributed by atoms with van der Waals surface area (Å²) in [5, 5.41) is 13.5. The number of carbonyl (C=O) groups is 2. The Kier molecular flexibility index (Phi) is 10.0. The summed E-state index contributed by atoms with van der Waals surface area (Å²) in [6.07, 6.45) is 0.367. The Balaban J connectivity index is 1.33. The van der Waals surface area contributed by atoms with Gasteiger partial charge in [0.1, 0.15) is 0 Å². The molecule has 1 amide bonds. The lowest BCUT2D eigenvalue weighted by atomic mass is 9.84. The molecule has 0 saturated carbocycles. The highest BCUT2D eigenvalue weighted by molar-refractivity contribution is 7.99. The smallest absolute Gasteiger partial charge is 0.255 e. The number of thioether (sulfide) groups is 1. The number of rotatable bonds is 10. The zero-order valence-corrected chi connectivity index (χ0v) is 26.1. The lowest BCUT2D eigenvalue weighted by molar-refractivity contribution is -0.255. The Morgan fingerprint density at radius 1 is 0.783 bits per heavy atom. The molecule has 1 saturated heterocycles. The minimum Gasteiger partial charge on any atom is -0.392 e. The summed E-state index contributed by atoms with van der Waals surface area (Å²) in [5.41, 5.74) is 5.08. The third-order valence-corrected chi connectivity index (χ3v) is 8.98. The molecule has 4 atom stereocenters. The van der Waals surface area contributed by atoms with Crippen molar-refractivity contribution in [3.63, 3.8) is 0 Å². The molecule has 8 heteroatoms. The number of anilines is 1. The van der Waals surface area contributed by atoms with E-state index in [4.69, 9.17) is 9.47 Å². The number of nitrogens with zero attached hydrogens (tertiary/aromatic N) is 1. The Bertz CT molecular complexity index is 1780. The average Bonchev–Trinajstić information content (AvgIpc) is 3.11. The molecule has 6 rings (SSSR count). The number of aliphatic hydroxyl groups excluding tert-OH is 1. The van der Waals surface area contributed by atoms with Gasteiger partial charge in [-0.05, 0) is 60.0 Å². The molecule has 5 aromatic rings. The van der Waals surface area contributed by atoms with E-state index in [0.29, 0.717) is 28.1 Å². The summed E-state index contributed by atoms with van der Waals surface area (Å²) in [5.74, 6) is 0.0938. The van der Waals surface area contributed by atoms with E-state index < -0.39 is 6.29 Å². The summed E-state index contributed by atoms with van der Waals surface area (Å²) in [4.78, 5) is 29.7. The first-order valence-corrected chi connectivity index (χ1v) is 16.1. The Morgan fingerprint density at radius 2 is 1.52 bits per heavy atom. The number of aromatic nitrogens is 1. The van der Waals surface area contributed by atoms with Gasteiger partial charge in [-0.3, -0.25) is 9.59 Å². The van der Waals surface area contributed by atoms with Crippen molar-refractivity contribution >= 4 is 29.1 Å². The molecular weight excluding hydrogens is 596 g/mol. The van der Waals surface area contributed by atoms with E-state index in [2.05, 4.69) is 22.4 Å². The molecule has 1 unspecified atom stereocenters. The topological polar surface area (TPSA) is 97.8 Å². The average molecular weight is 631 g/mol. The summed E-state index contributed by atoms with van der Waals surface area (Å²) in [6, 6.07) is 38.0. The quantitative estimate of drug-likeness (QED) is 0.120. The molecule has 232 valence electrons. The fraction of sp³-hybridized carbons (Fsp3) is 0.184. The SMILES string of the molecule is CC(=O)c1cccc(NC(=O)c2cccc(C3O[C@H](CSc4ccccn4)[C@@H](c4ccccc4)[C@H](c4ccc(CO)cc4)O3)c2)c1. The van der Waals surface area contributed by atoms with Crippen molar-refractivity contribution in [2.45, 2.75) is 43.0 Å². The summed E-state index contributed by atoms with van der Waals surface area (Å²) < 4.78 is 13.6.